The molecule has 2 unspecified atom stereocenters. The summed E-state index contributed by atoms with van der Waals surface area (Å²) in [5.41, 5.74) is 0.0397. The van der Waals surface area contributed by atoms with E-state index >= 15 is 0 Å². The van der Waals surface area contributed by atoms with E-state index in [1.807, 2.05) is 6.92 Å². The number of rotatable bonds is 12. The quantitative estimate of drug-likeness (QED) is 0.303. The Morgan fingerprint density at radius 3 is 2.65 bits per heavy atom. The van der Waals surface area contributed by atoms with E-state index in [1.54, 1.807) is 18.4 Å². The molecule has 37 heavy (non-hydrogen) atoms. The second-order valence-electron chi connectivity index (χ2n) is 9.85. The second-order valence-corrected chi connectivity index (χ2v) is 11.3. The summed E-state index contributed by atoms with van der Waals surface area (Å²) in [5.74, 6) is -0.460. The van der Waals surface area contributed by atoms with Crippen LogP contribution in [0.3, 0.4) is 0 Å². The summed E-state index contributed by atoms with van der Waals surface area (Å²) in [4.78, 5) is 36.0. The van der Waals surface area contributed by atoms with Crippen LogP contribution < -0.4 is 10.9 Å². The molecule has 13 heteroatoms. The Hall–Kier alpha value is -2.42. The van der Waals surface area contributed by atoms with Crippen molar-refractivity contribution in [3.63, 3.8) is 0 Å². The topological polar surface area (TPSA) is 147 Å². The molecule has 3 heterocycles. The molecule has 1 aliphatic heterocycles. The maximum atomic E-state index is 12.6. The smallest absolute Gasteiger partial charge is 0.280 e. The number of amides is 1. The van der Waals surface area contributed by atoms with E-state index < -0.39 is 20.3 Å². The van der Waals surface area contributed by atoms with Crippen LogP contribution in [0.25, 0.3) is 11.2 Å². The third kappa shape index (κ3) is 6.92. The fourth-order valence-corrected chi connectivity index (χ4v) is 5.97. The van der Waals surface area contributed by atoms with Gasteiger partial charge >= 0.3 is 0 Å². The van der Waals surface area contributed by atoms with Crippen LogP contribution in [0.15, 0.2) is 11.1 Å². The number of nitriles is 1. The van der Waals surface area contributed by atoms with Crippen molar-refractivity contribution < 1.29 is 18.6 Å². The lowest BCUT2D eigenvalue weighted by atomic mass is 10.1. The lowest BCUT2D eigenvalue weighted by Crippen LogP contribution is -2.35. The predicted molar refractivity (Wildman–Crippen MR) is 141 cm³/mol. The predicted octanol–water partition coefficient (Wildman–Crippen LogP) is 4.07. The van der Waals surface area contributed by atoms with Crippen molar-refractivity contribution in [2.75, 3.05) is 11.9 Å². The number of fused-ring (bicyclic) bond motifs is 1. The largest absolute Gasteiger partial charge is 0.352 e. The number of nitrogens with one attached hydrogen (secondary N) is 2. The van der Waals surface area contributed by atoms with Crippen LogP contribution >= 0.6 is 8.53 Å². The number of hydrogen-bond acceptors (Lipinski definition) is 9. The molecule has 1 amide bonds. The average molecular weight is 536 g/mol. The van der Waals surface area contributed by atoms with Gasteiger partial charge in [0.1, 0.15) is 6.23 Å². The highest BCUT2D eigenvalue weighted by Crippen LogP contribution is 2.50. The van der Waals surface area contributed by atoms with Gasteiger partial charge in [-0.1, -0.05) is 20.8 Å². The standard InChI is InChI=1S/C24H38N7O5P/c1-8-17-18(36-37(34-11-9-10-25)31(15(4)5)16(6)7)12-19(35-17)30-13-26-20-21(30)27-24(29-23(20)33)28-22(32)14(2)3/h13-19H,8-9,11-12H2,1-7H3,(H2,27,28,29,32,33)/t17-,18?,19-,37?/m1/s1. The molecule has 1 fully saturated rings. The minimum absolute atomic E-state index is 0.0645. The molecule has 204 valence electrons. The number of H-pyrrole nitrogens is 1. The van der Waals surface area contributed by atoms with E-state index in [0.717, 1.165) is 0 Å². The number of hydrogen-bond donors (Lipinski definition) is 2. The molecule has 0 spiro atoms. The van der Waals surface area contributed by atoms with Crippen LogP contribution in [0.4, 0.5) is 5.95 Å². The van der Waals surface area contributed by atoms with E-state index in [2.05, 4.69) is 58.7 Å². The minimum atomic E-state index is -1.44. The zero-order valence-corrected chi connectivity index (χ0v) is 23.5. The van der Waals surface area contributed by atoms with Gasteiger partial charge in [-0.15, -0.1) is 0 Å². The van der Waals surface area contributed by atoms with Crippen LogP contribution in [0, 0.1) is 17.2 Å². The van der Waals surface area contributed by atoms with Crippen molar-refractivity contribution in [2.45, 2.75) is 98.2 Å². The zero-order chi connectivity index (χ0) is 27.3. The molecule has 0 radical (unpaired) electrons. The van der Waals surface area contributed by atoms with Gasteiger partial charge in [0, 0.05) is 24.4 Å². The molecule has 0 aliphatic carbocycles. The van der Waals surface area contributed by atoms with Crippen LogP contribution in [0.1, 0.15) is 74.0 Å². The Balaban J connectivity index is 1.87. The molecule has 3 rings (SSSR count). The van der Waals surface area contributed by atoms with E-state index in [-0.39, 0.29) is 60.6 Å². The summed E-state index contributed by atoms with van der Waals surface area (Å²) in [6.45, 7) is 14.2. The van der Waals surface area contributed by atoms with Gasteiger partial charge in [0.25, 0.3) is 14.1 Å². The molecule has 0 aromatic carbocycles. The summed E-state index contributed by atoms with van der Waals surface area (Å²) in [6.07, 6.45) is 2.06. The minimum Gasteiger partial charge on any atom is -0.352 e. The van der Waals surface area contributed by atoms with Crippen LogP contribution in [0.2, 0.25) is 0 Å². The molecule has 1 saturated heterocycles. The molecular weight excluding hydrogens is 497 g/mol. The van der Waals surface area contributed by atoms with Crippen molar-refractivity contribution in [2.24, 2.45) is 5.92 Å². The Bertz CT molecular complexity index is 1150. The van der Waals surface area contributed by atoms with Gasteiger partial charge in [-0.25, -0.2) is 9.65 Å². The third-order valence-corrected chi connectivity index (χ3v) is 8.13. The van der Waals surface area contributed by atoms with E-state index in [0.29, 0.717) is 18.5 Å². The fraction of sp³-hybridized carbons (Fsp3) is 0.708. The van der Waals surface area contributed by atoms with Crippen molar-refractivity contribution >= 4 is 31.5 Å². The molecule has 2 aromatic rings. The van der Waals surface area contributed by atoms with Crippen LogP contribution in [0.5, 0.6) is 0 Å². The van der Waals surface area contributed by atoms with Crippen molar-refractivity contribution in [3.05, 3.63) is 16.7 Å². The highest BCUT2D eigenvalue weighted by molar-refractivity contribution is 7.44. The van der Waals surface area contributed by atoms with Gasteiger partial charge in [0.05, 0.1) is 37.6 Å². The average Bonchev–Trinajstić information content (AvgIpc) is 3.42. The number of imidazole rings is 1. The number of nitrogens with zero attached hydrogens (tertiary/aromatic N) is 5. The highest BCUT2D eigenvalue weighted by atomic mass is 31.2. The highest BCUT2D eigenvalue weighted by Gasteiger charge is 2.41. The normalized spacial score (nSPS) is 20.9. The molecule has 1 aliphatic rings. The van der Waals surface area contributed by atoms with Crippen LogP contribution in [-0.4, -0.2) is 61.0 Å². The molecule has 2 aromatic heterocycles. The van der Waals surface area contributed by atoms with Gasteiger partial charge in [0.15, 0.2) is 11.2 Å². The van der Waals surface area contributed by atoms with Gasteiger partial charge in [-0.05, 0) is 34.1 Å². The first-order valence-corrected chi connectivity index (χ1v) is 13.9. The number of carbonyl (C=O) groups is 1. The van der Waals surface area contributed by atoms with Gasteiger partial charge in [-0.3, -0.25) is 24.5 Å². The van der Waals surface area contributed by atoms with Gasteiger partial charge in [0.2, 0.25) is 11.9 Å². The monoisotopic (exact) mass is 535 g/mol. The Morgan fingerprint density at radius 1 is 1.35 bits per heavy atom. The number of aromatic nitrogens is 4. The molecule has 2 N–H and O–H groups in total. The summed E-state index contributed by atoms with van der Waals surface area (Å²) in [5, 5.41) is 11.6. The maximum absolute atomic E-state index is 12.6. The number of anilines is 1. The van der Waals surface area contributed by atoms with Gasteiger partial charge < -0.3 is 13.8 Å². The van der Waals surface area contributed by atoms with E-state index in [4.69, 9.17) is 19.0 Å². The van der Waals surface area contributed by atoms with Crippen molar-refractivity contribution in [3.8, 4) is 6.07 Å². The Labute approximate surface area is 218 Å². The first-order chi connectivity index (χ1) is 17.6. The molecule has 12 nitrogen and oxygen atoms in total. The Morgan fingerprint density at radius 2 is 2.05 bits per heavy atom. The second kappa shape index (κ2) is 12.9. The van der Waals surface area contributed by atoms with Gasteiger partial charge in [-0.2, -0.15) is 10.2 Å². The van der Waals surface area contributed by atoms with E-state index in [9.17, 15) is 9.59 Å². The molecule has 4 atom stereocenters. The summed E-state index contributed by atoms with van der Waals surface area (Å²) < 4.78 is 22.9. The zero-order valence-electron chi connectivity index (χ0n) is 22.6. The van der Waals surface area contributed by atoms with Crippen LogP contribution in [-0.2, 0) is 18.6 Å². The summed E-state index contributed by atoms with van der Waals surface area (Å²) >= 11 is 0. The van der Waals surface area contributed by atoms with Crippen molar-refractivity contribution in [1.29, 1.82) is 5.26 Å². The lowest BCUT2D eigenvalue weighted by molar-refractivity contribution is -0.118. The first kappa shape index (κ1) is 29.1. The number of ether oxygens (including phenoxy) is 1. The maximum Gasteiger partial charge on any atom is 0.280 e. The third-order valence-electron chi connectivity index (χ3n) is 5.98. The molecule has 0 bridgehead atoms. The molecular formula is C24H38N7O5P. The first-order valence-electron chi connectivity index (χ1n) is 12.7. The van der Waals surface area contributed by atoms with Crippen molar-refractivity contribution in [1.82, 2.24) is 24.2 Å². The lowest BCUT2D eigenvalue weighted by Gasteiger charge is -2.37. The number of aromatic amines is 1. The fourth-order valence-electron chi connectivity index (χ4n) is 4.21. The molecule has 0 saturated carbocycles. The summed E-state index contributed by atoms with van der Waals surface area (Å²) in [7, 11) is -1.44. The Kier molecular flexibility index (Phi) is 10.2. The number of carbonyl (C=O) groups excluding carboxylic acids is 1. The SMILES string of the molecule is CC[C@H]1O[C@@H](n2cnc3c(=O)[nH]c(NC(=O)C(C)C)nc32)CC1OP(OCCC#N)N(C(C)C)C(C)C. The van der Waals surface area contributed by atoms with E-state index in [1.165, 1.54) is 6.33 Å². The summed E-state index contributed by atoms with van der Waals surface area (Å²) in [6, 6.07) is 2.48.